The highest BCUT2D eigenvalue weighted by Gasteiger charge is 2.02. The molecule has 2 rings (SSSR count). The van der Waals surface area contributed by atoms with E-state index in [1.165, 1.54) is 0 Å². The molecule has 0 amide bonds. The van der Waals surface area contributed by atoms with E-state index >= 15 is 0 Å². The van der Waals surface area contributed by atoms with Crippen molar-refractivity contribution < 1.29 is 0 Å². The first-order valence-electron chi connectivity index (χ1n) is 4.29. The van der Waals surface area contributed by atoms with Crippen LogP contribution in [0.4, 0.5) is 0 Å². The van der Waals surface area contributed by atoms with Crippen LogP contribution in [0.5, 0.6) is 0 Å². The molecule has 2 aromatic rings. The number of halogens is 2. The summed E-state index contributed by atoms with van der Waals surface area (Å²) in [6.07, 6.45) is 1.78. The third-order valence-corrected chi connectivity index (χ3v) is 3.93. The first-order valence-corrected chi connectivity index (χ1v) is 6.28. The lowest BCUT2D eigenvalue weighted by atomic mass is 10.4. The number of rotatable bonds is 2. The molecule has 1 nitrogen and oxygen atoms in total. The fourth-order valence-corrected chi connectivity index (χ4v) is 2.46. The Balaban J connectivity index is 2.22. The first kappa shape index (κ1) is 11.0. The Hall–Kier alpha value is -0.510. The molecule has 0 atom stereocenters. The number of pyridine rings is 1. The van der Waals surface area contributed by atoms with Crippen molar-refractivity contribution in [1.29, 1.82) is 0 Å². The van der Waals surface area contributed by atoms with E-state index in [2.05, 4.69) is 20.9 Å². The van der Waals surface area contributed by atoms with E-state index in [0.29, 0.717) is 0 Å². The molecule has 1 heterocycles. The number of hydrogen-bond donors (Lipinski definition) is 0. The smallest absolute Gasteiger partial charge is 0.115 e. The quantitative estimate of drug-likeness (QED) is 0.801. The minimum atomic E-state index is 0.749. The van der Waals surface area contributed by atoms with Gasteiger partial charge in [-0.25, -0.2) is 4.98 Å². The molecule has 1 aromatic carbocycles. The number of benzene rings is 1. The second kappa shape index (κ2) is 5.01. The van der Waals surface area contributed by atoms with Gasteiger partial charge in [0.2, 0.25) is 0 Å². The monoisotopic (exact) mass is 299 g/mol. The standard InChI is InChI=1S/C11H7BrClNS/c12-10-2-1-7-14-11(10)15-9-5-3-8(13)4-6-9/h1-7H. The Morgan fingerprint density at radius 1 is 1.13 bits per heavy atom. The van der Waals surface area contributed by atoms with Crippen LogP contribution in [-0.2, 0) is 0 Å². The van der Waals surface area contributed by atoms with Crippen molar-refractivity contribution in [1.82, 2.24) is 4.98 Å². The SMILES string of the molecule is Clc1ccc(Sc2ncccc2Br)cc1. The van der Waals surface area contributed by atoms with Crippen molar-refractivity contribution in [3.05, 3.63) is 52.1 Å². The Morgan fingerprint density at radius 3 is 2.53 bits per heavy atom. The predicted octanol–water partition coefficient (Wildman–Crippen LogP) is 4.65. The normalized spacial score (nSPS) is 10.3. The van der Waals surface area contributed by atoms with Gasteiger partial charge >= 0.3 is 0 Å². The van der Waals surface area contributed by atoms with E-state index < -0.39 is 0 Å². The first-order chi connectivity index (χ1) is 7.25. The molecule has 0 radical (unpaired) electrons. The molecule has 0 spiro atoms. The minimum Gasteiger partial charge on any atom is -0.248 e. The van der Waals surface area contributed by atoms with Crippen LogP contribution in [-0.4, -0.2) is 4.98 Å². The Kier molecular flexibility index (Phi) is 3.67. The van der Waals surface area contributed by atoms with Gasteiger partial charge in [0, 0.05) is 16.1 Å². The van der Waals surface area contributed by atoms with Crippen LogP contribution in [0.15, 0.2) is 57.0 Å². The van der Waals surface area contributed by atoms with Gasteiger partial charge in [-0.05, 0) is 52.3 Å². The summed E-state index contributed by atoms with van der Waals surface area (Å²) in [7, 11) is 0. The fraction of sp³-hybridized carbons (Fsp3) is 0. The zero-order chi connectivity index (χ0) is 10.7. The van der Waals surface area contributed by atoms with E-state index in [-0.39, 0.29) is 0 Å². The van der Waals surface area contributed by atoms with Crippen LogP contribution < -0.4 is 0 Å². The molecule has 0 aliphatic carbocycles. The summed E-state index contributed by atoms with van der Waals surface area (Å²) in [6.45, 7) is 0. The summed E-state index contributed by atoms with van der Waals surface area (Å²) >= 11 is 10.9. The van der Waals surface area contributed by atoms with Crippen LogP contribution in [0.1, 0.15) is 0 Å². The molecule has 1 aromatic heterocycles. The lowest BCUT2D eigenvalue weighted by Crippen LogP contribution is -1.80. The average molecular weight is 301 g/mol. The lowest BCUT2D eigenvalue weighted by molar-refractivity contribution is 1.11. The maximum absolute atomic E-state index is 5.81. The maximum atomic E-state index is 5.81. The summed E-state index contributed by atoms with van der Waals surface area (Å²) in [5.41, 5.74) is 0. The molecule has 0 fully saturated rings. The van der Waals surface area contributed by atoms with Crippen LogP contribution in [0.2, 0.25) is 5.02 Å². The predicted molar refractivity (Wildman–Crippen MR) is 67.5 cm³/mol. The van der Waals surface area contributed by atoms with Gasteiger partial charge in [-0.1, -0.05) is 23.4 Å². The van der Waals surface area contributed by atoms with Crippen molar-refractivity contribution in [2.24, 2.45) is 0 Å². The summed E-state index contributed by atoms with van der Waals surface area (Å²) in [6, 6.07) is 11.6. The second-order valence-electron chi connectivity index (χ2n) is 2.85. The van der Waals surface area contributed by atoms with Crippen LogP contribution in [0, 0.1) is 0 Å². The number of hydrogen-bond acceptors (Lipinski definition) is 2. The fourth-order valence-electron chi connectivity index (χ4n) is 1.06. The summed E-state index contributed by atoms with van der Waals surface area (Å²) in [5.74, 6) is 0. The number of aromatic nitrogens is 1. The highest BCUT2D eigenvalue weighted by Crippen LogP contribution is 2.31. The van der Waals surface area contributed by atoms with E-state index in [1.54, 1.807) is 18.0 Å². The molecule has 0 aliphatic rings. The highest BCUT2D eigenvalue weighted by molar-refractivity contribution is 9.10. The molecule has 76 valence electrons. The van der Waals surface area contributed by atoms with E-state index in [1.807, 2.05) is 36.4 Å². The molecule has 0 aliphatic heterocycles. The van der Waals surface area contributed by atoms with Gasteiger partial charge in [0.1, 0.15) is 5.03 Å². The summed E-state index contributed by atoms with van der Waals surface area (Å²) < 4.78 is 1.00. The molecule has 0 saturated carbocycles. The average Bonchev–Trinajstić information content (AvgIpc) is 2.25. The summed E-state index contributed by atoms with van der Waals surface area (Å²) in [4.78, 5) is 5.40. The highest BCUT2D eigenvalue weighted by atomic mass is 79.9. The zero-order valence-electron chi connectivity index (χ0n) is 7.65. The van der Waals surface area contributed by atoms with Crippen LogP contribution in [0.3, 0.4) is 0 Å². The van der Waals surface area contributed by atoms with Gasteiger partial charge in [0.05, 0.1) is 4.47 Å². The van der Waals surface area contributed by atoms with Gasteiger partial charge in [-0.15, -0.1) is 0 Å². The van der Waals surface area contributed by atoms with E-state index in [9.17, 15) is 0 Å². The van der Waals surface area contributed by atoms with Gasteiger partial charge < -0.3 is 0 Å². The molecule has 15 heavy (non-hydrogen) atoms. The third kappa shape index (κ3) is 2.97. The van der Waals surface area contributed by atoms with Crippen molar-refractivity contribution in [2.75, 3.05) is 0 Å². The van der Waals surface area contributed by atoms with E-state index in [4.69, 9.17) is 11.6 Å². The molecule has 4 heteroatoms. The van der Waals surface area contributed by atoms with Crippen LogP contribution in [0.25, 0.3) is 0 Å². The minimum absolute atomic E-state index is 0.749. The largest absolute Gasteiger partial charge is 0.248 e. The van der Waals surface area contributed by atoms with Gasteiger partial charge in [0.15, 0.2) is 0 Å². The molecule has 0 unspecified atom stereocenters. The maximum Gasteiger partial charge on any atom is 0.115 e. The van der Waals surface area contributed by atoms with Gasteiger partial charge in [-0.3, -0.25) is 0 Å². The van der Waals surface area contributed by atoms with Crippen molar-refractivity contribution >= 4 is 39.3 Å². The lowest BCUT2D eigenvalue weighted by Gasteiger charge is -2.02. The zero-order valence-corrected chi connectivity index (χ0v) is 10.8. The Morgan fingerprint density at radius 2 is 1.87 bits per heavy atom. The third-order valence-electron chi connectivity index (χ3n) is 1.75. The molecular formula is C11H7BrClNS. The second-order valence-corrected chi connectivity index (χ2v) is 5.20. The number of nitrogens with zero attached hydrogens (tertiary/aromatic N) is 1. The molecule has 0 saturated heterocycles. The Bertz CT molecular complexity index is 458. The van der Waals surface area contributed by atoms with Crippen molar-refractivity contribution in [2.45, 2.75) is 9.92 Å². The molecular weight excluding hydrogens is 294 g/mol. The molecule has 0 bridgehead atoms. The van der Waals surface area contributed by atoms with Gasteiger partial charge in [0.25, 0.3) is 0 Å². The van der Waals surface area contributed by atoms with Crippen molar-refractivity contribution in [3.8, 4) is 0 Å². The molecule has 0 N–H and O–H groups in total. The Labute approximate surface area is 106 Å². The van der Waals surface area contributed by atoms with E-state index in [0.717, 1.165) is 19.4 Å². The van der Waals surface area contributed by atoms with Crippen LogP contribution >= 0.6 is 39.3 Å². The summed E-state index contributed by atoms with van der Waals surface area (Å²) in [5, 5.41) is 1.71. The van der Waals surface area contributed by atoms with Crippen molar-refractivity contribution in [3.63, 3.8) is 0 Å². The van der Waals surface area contributed by atoms with Gasteiger partial charge in [-0.2, -0.15) is 0 Å². The topological polar surface area (TPSA) is 12.9 Å².